The second-order valence-corrected chi connectivity index (χ2v) is 10.9. The second-order valence-electron chi connectivity index (χ2n) is 6.00. The Morgan fingerprint density at radius 3 is 2.32 bits per heavy atom. The van der Waals surface area contributed by atoms with Crippen molar-refractivity contribution < 1.29 is 18.1 Å². The van der Waals surface area contributed by atoms with Crippen LogP contribution in [0.1, 0.15) is 6.42 Å². The lowest BCUT2D eigenvalue weighted by molar-refractivity contribution is -0.108. The molecule has 3 fully saturated rings. The predicted octanol–water partition coefficient (Wildman–Crippen LogP) is 2.75. The molecule has 0 atom stereocenters. The van der Waals surface area contributed by atoms with Crippen molar-refractivity contribution in [1.29, 1.82) is 0 Å². The van der Waals surface area contributed by atoms with Crippen LogP contribution in [0.4, 0.5) is 0 Å². The number of hydrogen-bond donors (Lipinski definition) is 0. The zero-order valence-corrected chi connectivity index (χ0v) is 17.0. The lowest BCUT2D eigenvalue weighted by atomic mass is 10.4. The van der Waals surface area contributed by atoms with E-state index in [1.54, 1.807) is 11.8 Å². The molecule has 0 amide bonds. The van der Waals surface area contributed by atoms with Gasteiger partial charge in [0.1, 0.15) is 0 Å². The molecule has 0 spiro atoms. The fraction of sp³-hybridized carbons (Fsp3) is 0.588. The smallest absolute Gasteiger partial charge is 0.372 e. The summed E-state index contributed by atoms with van der Waals surface area (Å²) in [5.41, 5.74) is 0. The third kappa shape index (κ3) is 6.39. The average Bonchev–Trinajstić information content (AvgIpc) is 2.58. The Kier molecular flexibility index (Phi) is 7.84. The van der Waals surface area contributed by atoms with Crippen LogP contribution < -0.4 is 0 Å². The highest BCUT2D eigenvalue weighted by atomic mass is 32.2. The first-order valence-electron chi connectivity index (χ1n) is 8.73. The minimum absolute atomic E-state index is 0.224. The Hall–Kier alpha value is -0.353. The van der Waals surface area contributed by atoms with Crippen molar-refractivity contribution in [3.63, 3.8) is 0 Å². The van der Waals surface area contributed by atoms with Gasteiger partial charge in [-0.2, -0.15) is 0 Å². The zero-order chi connectivity index (χ0) is 17.4. The summed E-state index contributed by atoms with van der Waals surface area (Å²) in [5.74, 6) is 1.31. The zero-order valence-electron chi connectivity index (χ0n) is 14.4. The van der Waals surface area contributed by atoms with Crippen molar-refractivity contribution >= 4 is 37.4 Å². The number of nitrogens with zero attached hydrogens (tertiary/aromatic N) is 1. The maximum absolute atomic E-state index is 12.0. The number of thioether (sulfide) groups is 2. The number of fused-ring (bicyclic) bond motifs is 6. The van der Waals surface area contributed by atoms with E-state index in [-0.39, 0.29) is 5.12 Å². The Labute approximate surface area is 159 Å². The summed E-state index contributed by atoms with van der Waals surface area (Å²) in [5, 5.41) is 0.224. The summed E-state index contributed by atoms with van der Waals surface area (Å²) in [6.45, 7) is 4.95. The third-order valence-electron chi connectivity index (χ3n) is 4.18. The summed E-state index contributed by atoms with van der Waals surface area (Å²) in [4.78, 5) is 15.5. The summed E-state index contributed by atoms with van der Waals surface area (Å²) in [7, 11) is -2.53. The van der Waals surface area contributed by atoms with Gasteiger partial charge in [-0.1, -0.05) is 30.0 Å². The fourth-order valence-corrected chi connectivity index (χ4v) is 7.26. The number of hydrogen-bond acceptors (Lipinski definition) is 7. The molecule has 1 aromatic carbocycles. The first-order valence-corrected chi connectivity index (χ1v) is 12.6. The van der Waals surface area contributed by atoms with Gasteiger partial charge in [0.05, 0.1) is 25.6 Å². The summed E-state index contributed by atoms with van der Waals surface area (Å²) in [6.07, 6.45) is 0.891. The van der Waals surface area contributed by atoms with Gasteiger partial charge in [0, 0.05) is 36.3 Å². The van der Waals surface area contributed by atoms with E-state index in [1.807, 2.05) is 30.3 Å². The summed E-state index contributed by atoms with van der Waals surface area (Å²) in [6, 6.07) is 10.8. The Bertz CT molecular complexity index is 522. The molecule has 0 saturated carbocycles. The lowest BCUT2D eigenvalue weighted by Gasteiger charge is -2.38. The van der Waals surface area contributed by atoms with E-state index in [0.717, 1.165) is 42.7 Å². The summed E-state index contributed by atoms with van der Waals surface area (Å²) < 4.78 is 18.0. The number of carbonyl (C=O) groups excluding carboxylic acids is 1. The largest absolute Gasteiger partial charge is 0.501 e. The minimum atomic E-state index is -2.53. The normalized spacial score (nSPS) is 26.6. The molecule has 3 aliphatic rings. The molecule has 0 N–H and O–H groups in total. The molecular weight excluding hydrogens is 374 g/mol. The molecular formula is C17H25NO4S2Si. The van der Waals surface area contributed by atoms with Crippen LogP contribution in [-0.2, 0) is 18.1 Å². The monoisotopic (exact) mass is 399 g/mol. The Balaban J connectivity index is 1.36. The quantitative estimate of drug-likeness (QED) is 0.397. The first-order chi connectivity index (χ1) is 12.3. The molecule has 4 rings (SSSR count). The van der Waals surface area contributed by atoms with Crippen LogP contribution in [-0.4, -0.2) is 69.8 Å². The molecule has 0 radical (unpaired) electrons. The third-order valence-corrected chi connectivity index (χ3v) is 9.23. The maximum atomic E-state index is 12.0. The second kappa shape index (κ2) is 10.1. The minimum Gasteiger partial charge on any atom is -0.372 e. The van der Waals surface area contributed by atoms with Crippen LogP contribution in [0.25, 0.3) is 0 Å². The SMILES string of the molecule is O=C(CSc1ccccc1)SCCC[Si]12OCCN(CCO1)CCO2. The van der Waals surface area contributed by atoms with Gasteiger partial charge < -0.3 is 13.3 Å². The van der Waals surface area contributed by atoms with Crippen LogP contribution in [0, 0.1) is 0 Å². The van der Waals surface area contributed by atoms with Gasteiger partial charge in [0.15, 0.2) is 5.12 Å². The molecule has 0 aromatic heterocycles. The highest BCUT2D eigenvalue weighted by Gasteiger charge is 2.43. The van der Waals surface area contributed by atoms with Crippen LogP contribution in [0.3, 0.4) is 0 Å². The first kappa shape index (κ1) is 19.4. The molecule has 2 bridgehead atoms. The molecule has 0 unspecified atom stereocenters. The van der Waals surface area contributed by atoms with E-state index in [0.29, 0.717) is 25.6 Å². The molecule has 3 aliphatic heterocycles. The Morgan fingerprint density at radius 2 is 1.68 bits per heavy atom. The summed E-state index contributed by atoms with van der Waals surface area (Å²) >= 11 is 3.00. The van der Waals surface area contributed by atoms with Gasteiger partial charge >= 0.3 is 8.80 Å². The van der Waals surface area contributed by atoms with E-state index in [1.165, 1.54) is 11.8 Å². The van der Waals surface area contributed by atoms with E-state index in [9.17, 15) is 4.79 Å². The van der Waals surface area contributed by atoms with Crippen molar-refractivity contribution in [3.05, 3.63) is 30.3 Å². The van der Waals surface area contributed by atoms with Crippen LogP contribution >= 0.6 is 23.5 Å². The predicted molar refractivity (Wildman–Crippen MR) is 104 cm³/mol. The highest BCUT2D eigenvalue weighted by Crippen LogP contribution is 2.24. The number of benzene rings is 1. The number of carbonyl (C=O) groups is 1. The van der Waals surface area contributed by atoms with Crippen LogP contribution in [0.5, 0.6) is 0 Å². The van der Waals surface area contributed by atoms with Crippen molar-refractivity contribution in [2.75, 3.05) is 51.0 Å². The van der Waals surface area contributed by atoms with E-state index >= 15 is 0 Å². The van der Waals surface area contributed by atoms with Gasteiger partial charge in [0.25, 0.3) is 0 Å². The van der Waals surface area contributed by atoms with E-state index in [4.69, 9.17) is 13.3 Å². The van der Waals surface area contributed by atoms with E-state index in [2.05, 4.69) is 4.90 Å². The van der Waals surface area contributed by atoms with Gasteiger partial charge in [-0.15, -0.1) is 11.8 Å². The van der Waals surface area contributed by atoms with Crippen molar-refractivity contribution in [3.8, 4) is 0 Å². The molecule has 5 nitrogen and oxygen atoms in total. The molecule has 8 heteroatoms. The van der Waals surface area contributed by atoms with Gasteiger partial charge in [-0.25, -0.2) is 0 Å². The van der Waals surface area contributed by atoms with Gasteiger partial charge in [-0.3, -0.25) is 9.69 Å². The Morgan fingerprint density at radius 1 is 1.04 bits per heavy atom. The van der Waals surface area contributed by atoms with Crippen molar-refractivity contribution in [1.82, 2.24) is 4.90 Å². The lowest BCUT2D eigenvalue weighted by Crippen LogP contribution is -2.55. The standard InChI is InChI=1S/C17H25NO4S2Si/c19-17(15-24-16-5-2-1-3-6-16)23-13-4-14-25-20-10-7-18(8-11-21-25)9-12-22-25/h1-3,5-6H,4,7-15H2. The molecule has 1 aromatic rings. The van der Waals surface area contributed by atoms with Gasteiger partial charge in [-0.05, 0) is 18.6 Å². The highest BCUT2D eigenvalue weighted by molar-refractivity contribution is 8.15. The molecule has 3 heterocycles. The topological polar surface area (TPSA) is 48.0 Å². The van der Waals surface area contributed by atoms with Crippen molar-refractivity contribution in [2.45, 2.75) is 17.4 Å². The van der Waals surface area contributed by atoms with Crippen LogP contribution in [0.15, 0.2) is 35.2 Å². The van der Waals surface area contributed by atoms with Crippen LogP contribution in [0.2, 0.25) is 6.04 Å². The molecule has 25 heavy (non-hydrogen) atoms. The van der Waals surface area contributed by atoms with Crippen molar-refractivity contribution in [2.24, 2.45) is 0 Å². The van der Waals surface area contributed by atoms with Gasteiger partial charge in [0.2, 0.25) is 0 Å². The fourth-order valence-electron chi connectivity index (χ4n) is 2.84. The maximum Gasteiger partial charge on any atom is 0.501 e. The molecule has 3 saturated heterocycles. The number of rotatable bonds is 7. The van der Waals surface area contributed by atoms with E-state index < -0.39 is 8.80 Å². The molecule has 0 aliphatic carbocycles. The molecule has 138 valence electrons. The average molecular weight is 400 g/mol.